The van der Waals surface area contributed by atoms with Crippen molar-refractivity contribution in [1.82, 2.24) is 10.2 Å². The standard InChI is InChI=1S/C12H24N2/c1-3-10(2)8-14-7-6-11-4-5-12(9-14)13-11/h10-13H,3-9H2,1-2H3. The first-order valence-corrected chi connectivity index (χ1v) is 6.26. The average molecular weight is 196 g/mol. The van der Waals surface area contributed by atoms with E-state index in [0.717, 1.165) is 18.0 Å². The minimum Gasteiger partial charge on any atom is -0.310 e. The fourth-order valence-corrected chi connectivity index (χ4v) is 2.75. The molecule has 2 saturated heterocycles. The predicted octanol–water partition coefficient (Wildman–Crippen LogP) is 1.86. The largest absolute Gasteiger partial charge is 0.310 e. The van der Waals surface area contributed by atoms with Gasteiger partial charge in [-0.05, 0) is 31.7 Å². The Balaban J connectivity index is 1.82. The molecule has 0 spiro atoms. The Labute approximate surface area is 88.1 Å². The van der Waals surface area contributed by atoms with E-state index in [0.29, 0.717) is 0 Å². The fraction of sp³-hybridized carbons (Fsp3) is 1.00. The van der Waals surface area contributed by atoms with Gasteiger partial charge in [-0.3, -0.25) is 0 Å². The molecular weight excluding hydrogens is 172 g/mol. The van der Waals surface area contributed by atoms with Crippen LogP contribution in [0.15, 0.2) is 0 Å². The van der Waals surface area contributed by atoms with Crippen molar-refractivity contribution < 1.29 is 0 Å². The molecule has 2 heterocycles. The molecule has 0 amide bonds. The molecule has 0 aromatic carbocycles. The van der Waals surface area contributed by atoms with E-state index in [1.807, 2.05) is 0 Å². The second-order valence-electron chi connectivity index (χ2n) is 5.20. The number of nitrogens with one attached hydrogen (secondary N) is 1. The third-order valence-corrected chi connectivity index (χ3v) is 3.87. The van der Waals surface area contributed by atoms with Gasteiger partial charge in [-0.1, -0.05) is 20.3 Å². The summed E-state index contributed by atoms with van der Waals surface area (Å²) in [6.45, 7) is 8.59. The van der Waals surface area contributed by atoms with Gasteiger partial charge in [0.25, 0.3) is 0 Å². The number of hydrogen-bond donors (Lipinski definition) is 1. The molecule has 2 nitrogen and oxygen atoms in total. The third-order valence-electron chi connectivity index (χ3n) is 3.87. The Morgan fingerprint density at radius 3 is 2.86 bits per heavy atom. The molecule has 14 heavy (non-hydrogen) atoms. The SMILES string of the molecule is CCC(C)CN1CCC2CCC(C1)N2. The Bertz CT molecular complexity index is 181. The highest BCUT2D eigenvalue weighted by molar-refractivity contribution is 4.89. The number of hydrogen-bond acceptors (Lipinski definition) is 2. The molecule has 2 rings (SSSR count). The van der Waals surface area contributed by atoms with Gasteiger partial charge >= 0.3 is 0 Å². The topological polar surface area (TPSA) is 15.3 Å². The number of likely N-dealkylation sites (tertiary alicyclic amines) is 1. The minimum atomic E-state index is 0.798. The molecule has 1 N–H and O–H groups in total. The molecular formula is C12H24N2. The summed E-state index contributed by atoms with van der Waals surface area (Å²) in [5, 5.41) is 3.73. The van der Waals surface area contributed by atoms with E-state index in [-0.39, 0.29) is 0 Å². The first-order chi connectivity index (χ1) is 6.78. The van der Waals surface area contributed by atoms with Crippen LogP contribution < -0.4 is 5.32 Å². The second kappa shape index (κ2) is 4.63. The van der Waals surface area contributed by atoms with E-state index >= 15 is 0 Å². The lowest BCUT2D eigenvalue weighted by Crippen LogP contribution is -2.37. The Kier molecular flexibility index (Phi) is 3.45. The maximum absolute atomic E-state index is 3.73. The summed E-state index contributed by atoms with van der Waals surface area (Å²) < 4.78 is 0. The van der Waals surface area contributed by atoms with Crippen LogP contribution in [0.3, 0.4) is 0 Å². The maximum atomic E-state index is 3.73. The summed E-state index contributed by atoms with van der Waals surface area (Å²) in [6.07, 6.45) is 5.51. The van der Waals surface area contributed by atoms with Crippen molar-refractivity contribution in [2.24, 2.45) is 5.92 Å². The number of fused-ring (bicyclic) bond motifs is 2. The highest BCUT2D eigenvalue weighted by Crippen LogP contribution is 2.21. The summed E-state index contributed by atoms with van der Waals surface area (Å²) in [5.74, 6) is 0.867. The van der Waals surface area contributed by atoms with Crippen molar-refractivity contribution in [3.8, 4) is 0 Å². The summed E-state index contributed by atoms with van der Waals surface area (Å²) in [7, 11) is 0. The summed E-state index contributed by atoms with van der Waals surface area (Å²) in [6, 6.07) is 1.63. The lowest BCUT2D eigenvalue weighted by Gasteiger charge is -2.26. The van der Waals surface area contributed by atoms with Crippen LogP contribution in [0.1, 0.15) is 39.5 Å². The Hall–Kier alpha value is -0.0800. The summed E-state index contributed by atoms with van der Waals surface area (Å²) in [5.41, 5.74) is 0. The maximum Gasteiger partial charge on any atom is 0.0198 e. The van der Waals surface area contributed by atoms with Gasteiger partial charge in [0.15, 0.2) is 0 Å². The molecule has 82 valence electrons. The molecule has 0 saturated carbocycles. The summed E-state index contributed by atoms with van der Waals surface area (Å²) >= 11 is 0. The zero-order valence-electron chi connectivity index (χ0n) is 9.63. The smallest absolute Gasteiger partial charge is 0.0198 e. The van der Waals surface area contributed by atoms with Gasteiger partial charge in [-0.15, -0.1) is 0 Å². The van der Waals surface area contributed by atoms with E-state index in [1.54, 1.807) is 0 Å². The molecule has 2 bridgehead atoms. The van der Waals surface area contributed by atoms with Crippen molar-refractivity contribution in [1.29, 1.82) is 0 Å². The molecule has 0 aromatic heterocycles. The molecule has 2 aliphatic rings. The molecule has 0 aromatic rings. The van der Waals surface area contributed by atoms with Crippen molar-refractivity contribution in [2.75, 3.05) is 19.6 Å². The predicted molar refractivity (Wildman–Crippen MR) is 60.5 cm³/mol. The van der Waals surface area contributed by atoms with E-state index in [9.17, 15) is 0 Å². The van der Waals surface area contributed by atoms with Gasteiger partial charge in [0.05, 0.1) is 0 Å². The highest BCUT2D eigenvalue weighted by Gasteiger charge is 2.29. The first kappa shape index (κ1) is 10.4. The molecule has 2 aliphatic heterocycles. The lowest BCUT2D eigenvalue weighted by atomic mass is 10.1. The van der Waals surface area contributed by atoms with Gasteiger partial charge in [-0.25, -0.2) is 0 Å². The van der Waals surface area contributed by atoms with Gasteiger partial charge in [0.1, 0.15) is 0 Å². The highest BCUT2D eigenvalue weighted by atomic mass is 15.2. The zero-order chi connectivity index (χ0) is 9.97. The normalized spacial score (nSPS) is 35.6. The molecule has 3 unspecified atom stereocenters. The molecule has 0 aliphatic carbocycles. The zero-order valence-corrected chi connectivity index (χ0v) is 9.63. The van der Waals surface area contributed by atoms with E-state index in [2.05, 4.69) is 24.1 Å². The Morgan fingerprint density at radius 2 is 2.07 bits per heavy atom. The van der Waals surface area contributed by atoms with Crippen molar-refractivity contribution in [3.05, 3.63) is 0 Å². The fourth-order valence-electron chi connectivity index (χ4n) is 2.75. The van der Waals surface area contributed by atoms with E-state index < -0.39 is 0 Å². The van der Waals surface area contributed by atoms with Crippen LogP contribution >= 0.6 is 0 Å². The summed E-state index contributed by atoms with van der Waals surface area (Å²) in [4.78, 5) is 2.67. The van der Waals surface area contributed by atoms with Crippen LogP contribution in [0.2, 0.25) is 0 Å². The average Bonchev–Trinajstić information content (AvgIpc) is 2.50. The molecule has 3 atom stereocenters. The first-order valence-electron chi connectivity index (χ1n) is 6.26. The van der Waals surface area contributed by atoms with Crippen LogP contribution in [0.5, 0.6) is 0 Å². The van der Waals surface area contributed by atoms with Gasteiger partial charge in [0, 0.05) is 25.2 Å². The third kappa shape index (κ3) is 2.48. The van der Waals surface area contributed by atoms with Crippen molar-refractivity contribution >= 4 is 0 Å². The van der Waals surface area contributed by atoms with Crippen molar-refractivity contribution in [2.45, 2.75) is 51.6 Å². The van der Waals surface area contributed by atoms with Crippen LogP contribution in [0.4, 0.5) is 0 Å². The monoisotopic (exact) mass is 196 g/mol. The van der Waals surface area contributed by atoms with Crippen LogP contribution in [-0.4, -0.2) is 36.6 Å². The van der Waals surface area contributed by atoms with E-state index in [1.165, 1.54) is 45.3 Å². The molecule has 2 fully saturated rings. The Morgan fingerprint density at radius 1 is 1.29 bits per heavy atom. The second-order valence-corrected chi connectivity index (χ2v) is 5.20. The quantitative estimate of drug-likeness (QED) is 0.741. The number of nitrogens with zero attached hydrogens (tertiary/aromatic N) is 1. The van der Waals surface area contributed by atoms with E-state index in [4.69, 9.17) is 0 Å². The van der Waals surface area contributed by atoms with Gasteiger partial charge in [0.2, 0.25) is 0 Å². The minimum absolute atomic E-state index is 0.798. The van der Waals surface area contributed by atoms with Gasteiger partial charge in [-0.2, -0.15) is 0 Å². The van der Waals surface area contributed by atoms with Crippen LogP contribution in [0, 0.1) is 5.92 Å². The van der Waals surface area contributed by atoms with Crippen molar-refractivity contribution in [3.63, 3.8) is 0 Å². The lowest BCUT2D eigenvalue weighted by molar-refractivity contribution is 0.224. The van der Waals surface area contributed by atoms with Crippen LogP contribution in [-0.2, 0) is 0 Å². The van der Waals surface area contributed by atoms with Gasteiger partial charge < -0.3 is 10.2 Å². The molecule has 0 radical (unpaired) electrons. The molecule has 2 heteroatoms. The number of rotatable bonds is 3. The van der Waals surface area contributed by atoms with Crippen LogP contribution in [0.25, 0.3) is 0 Å².